The van der Waals surface area contributed by atoms with Crippen LogP contribution in [-0.4, -0.2) is 88.1 Å². The first-order chi connectivity index (χ1) is 20.9. The minimum Gasteiger partial charge on any atom is -0.414 e. The Labute approximate surface area is 264 Å². The second-order valence-corrected chi connectivity index (χ2v) is 22.0. The van der Waals surface area contributed by atoms with Crippen molar-refractivity contribution in [2.24, 2.45) is 0 Å². The second kappa shape index (κ2) is 14.9. The van der Waals surface area contributed by atoms with E-state index in [0.717, 1.165) is 12.8 Å². The molecule has 0 aliphatic carbocycles. The van der Waals surface area contributed by atoms with E-state index in [-0.39, 0.29) is 40.0 Å². The quantitative estimate of drug-likeness (QED) is 0.197. The molecule has 2 aliphatic heterocycles. The fourth-order valence-corrected chi connectivity index (χ4v) is 17.6. The summed E-state index contributed by atoms with van der Waals surface area (Å²) in [7, 11) is -4.03. The van der Waals surface area contributed by atoms with Gasteiger partial charge in [0.25, 0.3) is 5.56 Å². The Kier molecular flexibility index (Phi) is 12.0. The molecule has 0 bridgehead atoms. The lowest BCUT2D eigenvalue weighted by molar-refractivity contribution is -0.0697. The highest BCUT2D eigenvalue weighted by atomic mass is 28.5. The van der Waals surface area contributed by atoms with Crippen LogP contribution in [0.2, 0.25) is 22.2 Å². The van der Waals surface area contributed by atoms with E-state index in [4.69, 9.17) is 31.9 Å². The topological polar surface area (TPSA) is 117 Å². The molecule has 2 fully saturated rings. The summed E-state index contributed by atoms with van der Waals surface area (Å²) in [6, 6.07) is 0. The van der Waals surface area contributed by atoms with Crippen molar-refractivity contribution in [2.75, 3.05) is 33.5 Å². The van der Waals surface area contributed by atoms with E-state index < -0.39 is 41.7 Å². The zero-order chi connectivity index (χ0) is 32.2. The van der Waals surface area contributed by atoms with E-state index in [9.17, 15) is 4.79 Å². The van der Waals surface area contributed by atoms with Crippen LogP contribution in [0.5, 0.6) is 0 Å². The number of hydrogen-bond acceptors (Lipinski definition) is 10. The Bertz CT molecular complexity index is 1250. The predicted octanol–water partition coefficient (Wildman–Crippen LogP) is 5.25. The van der Waals surface area contributed by atoms with Crippen LogP contribution in [0, 0.1) is 0 Å². The van der Waals surface area contributed by atoms with Gasteiger partial charge in [0, 0.05) is 13.7 Å². The van der Waals surface area contributed by atoms with Crippen molar-refractivity contribution in [3.05, 3.63) is 23.0 Å². The molecule has 44 heavy (non-hydrogen) atoms. The van der Waals surface area contributed by atoms with Crippen molar-refractivity contribution in [2.45, 2.75) is 129 Å². The van der Waals surface area contributed by atoms with E-state index in [2.05, 4.69) is 72.3 Å². The molecule has 4 rings (SSSR count). The molecule has 0 unspecified atom stereocenters. The average Bonchev–Trinajstić information content (AvgIpc) is 3.53. The second-order valence-electron chi connectivity index (χ2n) is 13.2. The van der Waals surface area contributed by atoms with Crippen LogP contribution < -0.4 is 5.56 Å². The summed E-state index contributed by atoms with van der Waals surface area (Å²) in [6.45, 7) is 21.6. The number of fused-ring (bicyclic) bond motifs is 2. The summed E-state index contributed by atoms with van der Waals surface area (Å²) in [5, 5.41) is 0. The SMILES string of the molecule is CCCCO[C@@H]1[C@@H]2O[Si](C(C)C)(C(C)C)O[Si](C(C)C)(C(C)C)OC[C@H]2O[C@H]1n1cnc2c(=O)n(COCCOC)cnc21. The molecule has 0 saturated carbocycles. The van der Waals surface area contributed by atoms with Gasteiger partial charge < -0.3 is 31.9 Å². The van der Waals surface area contributed by atoms with Crippen LogP contribution >= 0.6 is 0 Å². The number of unbranched alkanes of at least 4 members (excludes halogenated alkanes) is 1. The van der Waals surface area contributed by atoms with Gasteiger partial charge in [-0.2, -0.15) is 0 Å². The molecule has 4 heterocycles. The molecule has 2 aromatic heterocycles. The molecule has 14 heteroatoms. The van der Waals surface area contributed by atoms with Crippen LogP contribution in [0.4, 0.5) is 0 Å². The summed E-state index contributed by atoms with van der Waals surface area (Å²) in [4.78, 5) is 22.4. The largest absolute Gasteiger partial charge is 0.414 e. The first-order valence-electron chi connectivity index (χ1n) is 16.2. The van der Waals surface area contributed by atoms with Crippen molar-refractivity contribution in [3.8, 4) is 0 Å². The van der Waals surface area contributed by atoms with Gasteiger partial charge in [-0.3, -0.25) is 13.9 Å². The van der Waals surface area contributed by atoms with Gasteiger partial charge in [-0.05, 0) is 28.6 Å². The van der Waals surface area contributed by atoms with E-state index in [1.54, 1.807) is 13.4 Å². The molecular weight excluding hydrogens is 601 g/mol. The summed E-state index contributed by atoms with van der Waals surface area (Å²) in [5.74, 6) is 0. The highest BCUT2D eigenvalue weighted by molar-refractivity contribution is 6.84. The van der Waals surface area contributed by atoms with Crippen LogP contribution in [0.25, 0.3) is 11.2 Å². The molecule has 4 atom stereocenters. The highest BCUT2D eigenvalue weighted by Gasteiger charge is 2.62. The van der Waals surface area contributed by atoms with E-state index in [0.29, 0.717) is 32.1 Å². The van der Waals surface area contributed by atoms with E-state index in [1.807, 2.05) is 4.57 Å². The Hall–Kier alpha value is -1.50. The van der Waals surface area contributed by atoms with Gasteiger partial charge in [-0.15, -0.1) is 0 Å². The first kappa shape index (κ1) is 35.4. The van der Waals surface area contributed by atoms with Gasteiger partial charge in [-0.1, -0.05) is 68.7 Å². The maximum Gasteiger partial charge on any atom is 0.335 e. The summed E-state index contributed by atoms with van der Waals surface area (Å²) < 4.78 is 48.9. The zero-order valence-electron chi connectivity index (χ0n) is 28.3. The molecule has 0 radical (unpaired) electrons. The third-order valence-electron chi connectivity index (χ3n) is 8.91. The summed E-state index contributed by atoms with van der Waals surface area (Å²) in [5.41, 5.74) is 1.17. The van der Waals surface area contributed by atoms with Crippen molar-refractivity contribution in [3.63, 3.8) is 0 Å². The molecule has 2 saturated heterocycles. The average molecular weight is 655 g/mol. The van der Waals surface area contributed by atoms with Gasteiger partial charge in [0.05, 0.1) is 26.1 Å². The number of aromatic nitrogens is 4. The number of rotatable bonds is 14. The molecule has 12 nitrogen and oxygen atoms in total. The first-order valence-corrected chi connectivity index (χ1v) is 20.1. The Morgan fingerprint density at radius 2 is 1.64 bits per heavy atom. The Morgan fingerprint density at radius 3 is 2.25 bits per heavy atom. The van der Waals surface area contributed by atoms with Gasteiger partial charge in [0.2, 0.25) is 0 Å². The lowest BCUT2D eigenvalue weighted by Gasteiger charge is -2.51. The fraction of sp³-hybridized carbons (Fsp3) is 0.833. The molecule has 0 amide bonds. The zero-order valence-corrected chi connectivity index (χ0v) is 30.3. The third kappa shape index (κ3) is 6.79. The van der Waals surface area contributed by atoms with Crippen LogP contribution in [-0.2, 0) is 38.6 Å². The number of imidazole rings is 1. The molecule has 2 aromatic rings. The predicted molar refractivity (Wildman–Crippen MR) is 172 cm³/mol. The van der Waals surface area contributed by atoms with Gasteiger partial charge in [0.1, 0.15) is 31.4 Å². The smallest absolute Gasteiger partial charge is 0.335 e. The fourth-order valence-electron chi connectivity index (χ4n) is 6.42. The highest BCUT2D eigenvalue weighted by Crippen LogP contribution is 2.49. The molecular formula is C30H54N4O8Si2. The Morgan fingerprint density at radius 1 is 0.955 bits per heavy atom. The van der Waals surface area contributed by atoms with E-state index >= 15 is 0 Å². The molecule has 0 aromatic carbocycles. The molecule has 250 valence electrons. The number of ether oxygens (including phenoxy) is 4. The van der Waals surface area contributed by atoms with Gasteiger partial charge in [0.15, 0.2) is 17.4 Å². The number of nitrogens with zero attached hydrogens (tertiary/aromatic N) is 4. The van der Waals surface area contributed by atoms with Crippen molar-refractivity contribution >= 4 is 28.3 Å². The molecule has 0 N–H and O–H groups in total. The monoisotopic (exact) mass is 654 g/mol. The van der Waals surface area contributed by atoms with Crippen molar-refractivity contribution in [1.82, 2.24) is 19.1 Å². The van der Waals surface area contributed by atoms with Crippen LogP contribution in [0.15, 0.2) is 17.4 Å². The standard InChI is InChI=1S/C30H54N4O8Si2/c1-11-12-13-38-27-26-24(16-39-43(20(2)3,21(4)5)42-44(41-26,22(6)7)23(8)9)40-30(27)34-18-31-25-28(34)32-17-33(29(25)35)19-37-15-14-36-10/h17-18,20-24,26-27,30H,11-16,19H2,1-10H3/t24-,26-,27-,30-/m1/s1. The normalized spacial score (nSPS) is 25.3. The summed E-state index contributed by atoms with van der Waals surface area (Å²) in [6.07, 6.45) is 3.08. The molecule has 2 aliphatic rings. The van der Waals surface area contributed by atoms with Crippen LogP contribution in [0.1, 0.15) is 81.4 Å². The van der Waals surface area contributed by atoms with Crippen molar-refractivity contribution in [1.29, 1.82) is 0 Å². The third-order valence-corrected chi connectivity index (χ3v) is 19.2. The molecule has 0 spiro atoms. The van der Waals surface area contributed by atoms with Gasteiger partial charge >= 0.3 is 17.1 Å². The van der Waals surface area contributed by atoms with Gasteiger partial charge in [-0.25, -0.2) is 9.97 Å². The lowest BCUT2D eigenvalue weighted by Crippen LogP contribution is -2.66. The van der Waals surface area contributed by atoms with E-state index in [1.165, 1.54) is 10.9 Å². The summed E-state index contributed by atoms with van der Waals surface area (Å²) >= 11 is 0. The number of hydrogen-bond donors (Lipinski definition) is 0. The lowest BCUT2D eigenvalue weighted by atomic mass is 10.1. The van der Waals surface area contributed by atoms with Crippen LogP contribution in [0.3, 0.4) is 0 Å². The maximum atomic E-state index is 13.3. The minimum absolute atomic E-state index is 0.0600. The number of methoxy groups -OCH3 is 1. The maximum absolute atomic E-state index is 13.3. The van der Waals surface area contributed by atoms with Crippen molar-refractivity contribution < 1.29 is 31.9 Å². The minimum atomic E-state index is -2.90. The Balaban J connectivity index is 1.76.